The van der Waals surface area contributed by atoms with Gasteiger partial charge in [-0.1, -0.05) is 24.3 Å². The molecule has 0 atom stereocenters. The van der Waals surface area contributed by atoms with Gasteiger partial charge in [0, 0.05) is 12.1 Å². The third-order valence-electron chi connectivity index (χ3n) is 3.04. The van der Waals surface area contributed by atoms with Gasteiger partial charge >= 0.3 is 0 Å². The van der Waals surface area contributed by atoms with Crippen molar-refractivity contribution >= 4 is 0 Å². The highest BCUT2D eigenvalue weighted by atomic mass is 19.1. The van der Waals surface area contributed by atoms with Gasteiger partial charge in [-0.15, -0.1) is 0 Å². The average molecular weight is 275 g/mol. The summed E-state index contributed by atoms with van der Waals surface area (Å²) in [6.45, 7) is 1.01. The molecule has 4 heteroatoms. The lowest BCUT2D eigenvalue weighted by atomic mass is 10.1. The molecule has 0 saturated heterocycles. The van der Waals surface area contributed by atoms with Gasteiger partial charge in [-0.2, -0.15) is 0 Å². The van der Waals surface area contributed by atoms with Crippen LogP contribution in [0.1, 0.15) is 16.7 Å². The summed E-state index contributed by atoms with van der Waals surface area (Å²) < 4.78 is 24.3. The molecular formula is C16H18FNO2. The molecule has 20 heavy (non-hydrogen) atoms. The summed E-state index contributed by atoms with van der Waals surface area (Å²) in [6.07, 6.45) is 0. The van der Waals surface area contributed by atoms with Gasteiger partial charge in [-0.05, 0) is 29.3 Å². The van der Waals surface area contributed by atoms with E-state index >= 15 is 0 Å². The van der Waals surface area contributed by atoms with Crippen LogP contribution in [0.3, 0.4) is 0 Å². The van der Waals surface area contributed by atoms with Crippen LogP contribution in [0.15, 0.2) is 42.5 Å². The number of methoxy groups -OCH3 is 1. The predicted molar refractivity (Wildman–Crippen MR) is 75.8 cm³/mol. The van der Waals surface area contributed by atoms with E-state index in [9.17, 15) is 4.39 Å². The van der Waals surface area contributed by atoms with Crippen LogP contribution in [0.2, 0.25) is 0 Å². The summed E-state index contributed by atoms with van der Waals surface area (Å²) in [6, 6.07) is 12.6. The van der Waals surface area contributed by atoms with E-state index in [2.05, 4.69) is 0 Å². The first-order valence-electron chi connectivity index (χ1n) is 6.41. The summed E-state index contributed by atoms with van der Waals surface area (Å²) in [5, 5.41) is 0. The number of benzene rings is 2. The third-order valence-corrected chi connectivity index (χ3v) is 3.04. The number of rotatable bonds is 6. The maximum Gasteiger partial charge on any atom is 0.129 e. The lowest BCUT2D eigenvalue weighted by molar-refractivity contribution is 0.105. The Morgan fingerprint density at radius 3 is 2.30 bits per heavy atom. The Morgan fingerprint density at radius 1 is 1.00 bits per heavy atom. The summed E-state index contributed by atoms with van der Waals surface area (Å²) in [5.74, 6) is 0.528. The van der Waals surface area contributed by atoms with Crippen molar-refractivity contribution in [2.75, 3.05) is 7.11 Å². The van der Waals surface area contributed by atoms with Crippen LogP contribution in [0.4, 0.5) is 4.39 Å². The van der Waals surface area contributed by atoms with Crippen molar-refractivity contribution in [1.29, 1.82) is 0 Å². The molecule has 0 aromatic heterocycles. The zero-order valence-corrected chi connectivity index (χ0v) is 11.4. The number of ether oxygens (including phenoxy) is 2. The smallest absolute Gasteiger partial charge is 0.129 e. The van der Waals surface area contributed by atoms with Crippen LogP contribution in [0.25, 0.3) is 0 Å². The molecule has 106 valence electrons. The second kappa shape index (κ2) is 7.03. The van der Waals surface area contributed by atoms with Gasteiger partial charge in [0.2, 0.25) is 0 Å². The molecule has 0 fully saturated rings. The Bertz CT molecular complexity index is 555. The molecular weight excluding hydrogens is 257 g/mol. The van der Waals surface area contributed by atoms with Crippen molar-refractivity contribution in [3.8, 4) is 5.75 Å². The van der Waals surface area contributed by atoms with Crippen molar-refractivity contribution in [2.45, 2.75) is 19.8 Å². The number of halogens is 1. The Kier molecular flexibility index (Phi) is 5.09. The SMILES string of the molecule is COc1ccc(COCc2ccc(CN)cc2F)cc1. The average Bonchev–Trinajstić information content (AvgIpc) is 2.49. The van der Waals surface area contributed by atoms with Crippen LogP contribution >= 0.6 is 0 Å². The second-order valence-electron chi connectivity index (χ2n) is 4.47. The molecule has 2 N–H and O–H groups in total. The van der Waals surface area contributed by atoms with Gasteiger partial charge in [0.1, 0.15) is 11.6 Å². The Hall–Kier alpha value is -1.91. The first-order valence-corrected chi connectivity index (χ1v) is 6.41. The van der Waals surface area contributed by atoms with E-state index in [-0.39, 0.29) is 12.4 Å². The molecule has 0 aliphatic carbocycles. The first-order chi connectivity index (χ1) is 9.72. The van der Waals surface area contributed by atoms with Gasteiger partial charge in [-0.25, -0.2) is 4.39 Å². The summed E-state index contributed by atoms with van der Waals surface area (Å²) in [4.78, 5) is 0. The fourth-order valence-corrected chi connectivity index (χ4v) is 1.84. The monoisotopic (exact) mass is 275 g/mol. The molecule has 3 nitrogen and oxygen atoms in total. The maximum absolute atomic E-state index is 13.7. The van der Waals surface area contributed by atoms with Gasteiger partial charge in [0.25, 0.3) is 0 Å². The molecule has 0 heterocycles. The van der Waals surface area contributed by atoms with E-state index in [4.69, 9.17) is 15.2 Å². The van der Waals surface area contributed by atoms with Crippen LogP contribution in [0, 0.1) is 5.82 Å². The molecule has 0 spiro atoms. The molecule has 0 unspecified atom stereocenters. The highest BCUT2D eigenvalue weighted by Gasteiger charge is 2.03. The first kappa shape index (κ1) is 14.5. The van der Waals surface area contributed by atoms with Gasteiger partial charge < -0.3 is 15.2 Å². The summed E-state index contributed by atoms with van der Waals surface area (Å²) >= 11 is 0. The van der Waals surface area contributed by atoms with Crippen LogP contribution < -0.4 is 10.5 Å². The highest BCUT2D eigenvalue weighted by molar-refractivity contribution is 5.27. The normalized spacial score (nSPS) is 10.6. The van der Waals surface area contributed by atoms with Crippen LogP contribution in [-0.2, 0) is 24.5 Å². The number of hydrogen-bond donors (Lipinski definition) is 1. The minimum atomic E-state index is -0.275. The Labute approximate surface area is 118 Å². The van der Waals surface area contributed by atoms with Gasteiger partial charge in [0.15, 0.2) is 0 Å². The van der Waals surface area contributed by atoms with Gasteiger partial charge in [0.05, 0.1) is 20.3 Å². The van der Waals surface area contributed by atoms with E-state index in [1.165, 1.54) is 6.07 Å². The topological polar surface area (TPSA) is 44.5 Å². The molecule has 2 aromatic rings. The maximum atomic E-state index is 13.7. The minimum Gasteiger partial charge on any atom is -0.497 e. The fraction of sp³-hybridized carbons (Fsp3) is 0.250. The molecule has 0 aliphatic heterocycles. The highest BCUT2D eigenvalue weighted by Crippen LogP contribution is 2.14. The van der Waals surface area contributed by atoms with Crippen molar-refractivity contribution in [1.82, 2.24) is 0 Å². The molecule has 2 aromatic carbocycles. The molecule has 0 aliphatic rings. The third kappa shape index (κ3) is 3.79. The van der Waals surface area contributed by atoms with Crippen molar-refractivity contribution in [3.63, 3.8) is 0 Å². The minimum absolute atomic E-state index is 0.239. The lowest BCUT2D eigenvalue weighted by Gasteiger charge is -2.07. The van der Waals surface area contributed by atoms with Gasteiger partial charge in [-0.3, -0.25) is 0 Å². The van der Waals surface area contributed by atoms with E-state index in [0.29, 0.717) is 18.7 Å². The number of nitrogens with two attached hydrogens (primary N) is 1. The molecule has 0 radical (unpaired) electrons. The van der Waals surface area contributed by atoms with E-state index in [1.54, 1.807) is 13.2 Å². The van der Waals surface area contributed by atoms with Crippen LogP contribution in [0.5, 0.6) is 5.75 Å². The van der Waals surface area contributed by atoms with Crippen molar-refractivity contribution in [3.05, 3.63) is 65.0 Å². The molecule has 2 rings (SSSR count). The van der Waals surface area contributed by atoms with Crippen molar-refractivity contribution < 1.29 is 13.9 Å². The fourth-order valence-electron chi connectivity index (χ4n) is 1.84. The zero-order valence-electron chi connectivity index (χ0n) is 11.4. The Morgan fingerprint density at radius 2 is 1.70 bits per heavy atom. The summed E-state index contributed by atoms with van der Waals surface area (Å²) in [5.41, 5.74) is 7.80. The number of hydrogen-bond acceptors (Lipinski definition) is 3. The molecule has 0 saturated carbocycles. The van der Waals surface area contributed by atoms with Crippen LogP contribution in [-0.4, -0.2) is 7.11 Å². The second-order valence-corrected chi connectivity index (χ2v) is 4.47. The van der Waals surface area contributed by atoms with E-state index in [1.807, 2.05) is 30.3 Å². The molecule has 0 amide bonds. The molecule has 0 bridgehead atoms. The zero-order chi connectivity index (χ0) is 14.4. The van der Waals surface area contributed by atoms with Crippen molar-refractivity contribution in [2.24, 2.45) is 5.73 Å². The quantitative estimate of drug-likeness (QED) is 0.881. The summed E-state index contributed by atoms with van der Waals surface area (Å²) in [7, 11) is 1.62. The lowest BCUT2D eigenvalue weighted by Crippen LogP contribution is -2.01. The predicted octanol–water partition coefficient (Wildman–Crippen LogP) is 3.01. The standard InChI is InChI=1S/C16H18FNO2/c1-19-15-6-3-12(4-7-15)10-20-11-14-5-2-13(9-18)8-16(14)17/h2-8H,9-11,18H2,1H3. The van der Waals surface area contributed by atoms with E-state index < -0.39 is 0 Å². The largest absolute Gasteiger partial charge is 0.497 e. The Balaban J connectivity index is 1.88. The van der Waals surface area contributed by atoms with E-state index in [0.717, 1.165) is 16.9 Å².